The number of hydrogen-bond acceptors (Lipinski definition) is 2. The van der Waals surface area contributed by atoms with Crippen molar-refractivity contribution in [1.29, 1.82) is 0 Å². The maximum Gasteiger partial charge on any atom is 0.261 e. The monoisotopic (exact) mass is 119 g/mol. The Bertz CT molecular complexity index is 66.0. The van der Waals surface area contributed by atoms with Crippen LogP contribution in [-0.4, -0.2) is 26.8 Å². The lowest BCUT2D eigenvalue weighted by atomic mass is 10.8. The standard InChI is InChI=1S/C3H9NO2Si/c4-1-2-7-3(5)6/h1-2,4,7H2,(H,5,6). The van der Waals surface area contributed by atoms with Crippen LogP contribution >= 0.6 is 0 Å². The summed E-state index contributed by atoms with van der Waals surface area (Å²) < 4.78 is 0. The SMILES string of the molecule is NCC[SiH2]C(=O)O. The van der Waals surface area contributed by atoms with Gasteiger partial charge in [-0.2, -0.15) is 0 Å². The zero-order valence-corrected chi connectivity index (χ0v) is 5.47. The van der Waals surface area contributed by atoms with E-state index in [1.165, 1.54) is 0 Å². The average molecular weight is 119 g/mol. The molecular weight excluding hydrogens is 110 g/mol. The van der Waals surface area contributed by atoms with Gasteiger partial charge in [-0.15, -0.1) is 0 Å². The molecule has 0 bridgehead atoms. The van der Waals surface area contributed by atoms with Crippen molar-refractivity contribution in [3.8, 4) is 0 Å². The summed E-state index contributed by atoms with van der Waals surface area (Å²) in [7, 11) is -0.862. The first-order chi connectivity index (χ1) is 3.27. The van der Waals surface area contributed by atoms with E-state index in [0.717, 1.165) is 6.04 Å². The lowest BCUT2D eigenvalue weighted by molar-refractivity contribution is 0.219. The van der Waals surface area contributed by atoms with Crippen LogP contribution < -0.4 is 5.73 Å². The molecule has 0 atom stereocenters. The molecule has 0 aromatic rings. The van der Waals surface area contributed by atoms with Crippen molar-refractivity contribution in [2.24, 2.45) is 5.73 Å². The van der Waals surface area contributed by atoms with E-state index in [9.17, 15) is 4.79 Å². The first-order valence-electron chi connectivity index (χ1n) is 2.19. The van der Waals surface area contributed by atoms with Crippen molar-refractivity contribution in [2.75, 3.05) is 6.54 Å². The van der Waals surface area contributed by atoms with Crippen molar-refractivity contribution in [1.82, 2.24) is 0 Å². The van der Waals surface area contributed by atoms with Gasteiger partial charge in [0, 0.05) is 0 Å². The molecular formula is C3H9NO2Si. The molecule has 0 aliphatic rings. The van der Waals surface area contributed by atoms with Gasteiger partial charge >= 0.3 is 0 Å². The fourth-order valence-electron chi connectivity index (χ4n) is 0.253. The molecule has 0 rings (SSSR count). The summed E-state index contributed by atoms with van der Waals surface area (Å²) in [6.07, 6.45) is 0. The molecule has 0 heterocycles. The molecule has 0 spiro atoms. The third-order valence-corrected chi connectivity index (χ3v) is 1.78. The number of nitrogens with two attached hydrogens (primary N) is 1. The normalized spacial score (nSPS) is 10.4. The van der Waals surface area contributed by atoms with Crippen LogP contribution in [-0.2, 0) is 0 Å². The van der Waals surface area contributed by atoms with Gasteiger partial charge in [-0.3, -0.25) is 4.79 Å². The van der Waals surface area contributed by atoms with Gasteiger partial charge in [-0.25, -0.2) is 0 Å². The van der Waals surface area contributed by atoms with E-state index in [-0.39, 0.29) is 0 Å². The van der Waals surface area contributed by atoms with Crippen LogP contribution in [0.15, 0.2) is 0 Å². The molecule has 0 aliphatic carbocycles. The van der Waals surface area contributed by atoms with Crippen LogP contribution in [0.25, 0.3) is 0 Å². The van der Waals surface area contributed by atoms with E-state index in [4.69, 9.17) is 10.8 Å². The van der Waals surface area contributed by atoms with E-state index in [1.807, 2.05) is 0 Å². The Kier molecular flexibility index (Phi) is 3.63. The van der Waals surface area contributed by atoms with Crippen molar-refractivity contribution >= 4 is 15.1 Å². The predicted octanol–water partition coefficient (Wildman–Crippen LogP) is -0.790. The molecule has 0 aromatic heterocycles. The molecule has 0 fully saturated rings. The maximum atomic E-state index is 9.76. The van der Waals surface area contributed by atoms with E-state index >= 15 is 0 Å². The molecule has 4 heteroatoms. The van der Waals surface area contributed by atoms with Crippen LogP contribution in [0.3, 0.4) is 0 Å². The second kappa shape index (κ2) is 3.82. The average Bonchev–Trinajstić information content (AvgIpc) is 1.61. The summed E-state index contributed by atoms with van der Waals surface area (Å²) in [6, 6.07) is 0.718. The number of carboxylic acid groups (broad SMARTS) is 1. The molecule has 0 amide bonds. The van der Waals surface area contributed by atoms with Gasteiger partial charge in [0.15, 0.2) is 9.52 Å². The zero-order chi connectivity index (χ0) is 5.70. The van der Waals surface area contributed by atoms with Crippen molar-refractivity contribution < 1.29 is 9.90 Å². The molecule has 0 unspecified atom stereocenters. The fourth-order valence-corrected chi connectivity index (χ4v) is 0.760. The topological polar surface area (TPSA) is 63.3 Å². The van der Waals surface area contributed by atoms with Gasteiger partial charge in [0.2, 0.25) is 0 Å². The quantitative estimate of drug-likeness (QED) is 0.478. The Balaban J connectivity index is 2.82. The third-order valence-electron chi connectivity index (χ3n) is 0.595. The third kappa shape index (κ3) is 5.65. The van der Waals surface area contributed by atoms with Gasteiger partial charge in [-0.05, 0) is 12.6 Å². The summed E-state index contributed by atoms with van der Waals surface area (Å²) in [4.78, 5) is 9.76. The Morgan fingerprint density at radius 1 is 1.86 bits per heavy atom. The van der Waals surface area contributed by atoms with Crippen molar-refractivity contribution in [2.45, 2.75) is 6.04 Å². The van der Waals surface area contributed by atoms with Crippen LogP contribution in [0, 0.1) is 0 Å². The van der Waals surface area contributed by atoms with Crippen molar-refractivity contribution in [3.05, 3.63) is 0 Å². The largest absolute Gasteiger partial charge is 0.486 e. The maximum absolute atomic E-state index is 9.76. The highest BCUT2D eigenvalue weighted by molar-refractivity contribution is 6.71. The first-order valence-corrected chi connectivity index (χ1v) is 3.90. The highest BCUT2D eigenvalue weighted by Gasteiger charge is 1.92. The van der Waals surface area contributed by atoms with Crippen LogP contribution in [0.2, 0.25) is 6.04 Å². The van der Waals surface area contributed by atoms with Crippen LogP contribution in [0.4, 0.5) is 4.79 Å². The highest BCUT2D eigenvalue weighted by Crippen LogP contribution is 1.72. The Morgan fingerprint density at radius 3 is 2.57 bits per heavy atom. The molecule has 0 radical (unpaired) electrons. The van der Waals surface area contributed by atoms with Gasteiger partial charge in [0.1, 0.15) is 0 Å². The number of carbonyl (C=O) groups is 1. The molecule has 7 heavy (non-hydrogen) atoms. The van der Waals surface area contributed by atoms with Gasteiger partial charge in [0.25, 0.3) is 5.59 Å². The molecule has 0 saturated carbocycles. The Hall–Kier alpha value is -0.353. The second-order valence-electron chi connectivity index (χ2n) is 1.29. The summed E-state index contributed by atoms with van der Waals surface area (Å²) >= 11 is 0. The Morgan fingerprint density at radius 2 is 2.43 bits per heavy atom. The first kappa shape index (κ1) is 6.65. The fraction of sp³-hybridized carbons (Fsp3) is 0.667. The van der Waals surface area contributed by atoms with Gasteiger partial charge < -0.3 is 10.8 Å². The van der Waals surface area contributed by atoms with E-state index in [2.05, 4.69) is 0 Å². The molecule has 42 valence electrons. The lowest BCUT2D eigenvalue weighted by Crippen LogP contribution is -2.10. The van der Waals surface area contributed by atoms with Crippen LogP contribution in [0.5, 0.6) is 0 Å². The molecule has 0 aromatic carbocycles. The summed E-state index contributed by atoms with van der Waals surface area (Å²) in [6.45, 7) is 0.526. The zero-order valence-electron chi connectivity index (χ0n) is 4.05. The molecule has 0 saturated heterocycles. The summed E-state index contributed by atoms with van der Waals surface area (Å²) in [5.74, 6) is 0. The van der Waals surface area contributed by atoms with Gasteiger partial charge in [0.05, 0.1) is 0 Å². The van der Waals surface area contributed by atoms with E-state index < -0.39 is 15.1 Å². The minimum Gasteiger partial charge on any atom is -0.486 e. The number of rotatable bonds is 3. The summed E-state index contributed by atoms with van der Waals surface area (Å²) in [5.41, 5.74) is 4.41. The molecule has 3 nitrogen and oxygen atoms in total. The molecule has 0 aliphatic heterocycles. The second-order valence-corrected chi connectivity index (χ2v) is 3.10. The minimum atomic E-state index is -0.862. The molecule has 3 N–H and O–H groups in total. The number of hydrogen-bond donors (Lipinski definition) is 2. The van der Waals surface area contributed by atoms with Gasteiger partial charge in [-0.1, -0.05) is 0 Å². The summed E-state index contributed by atoms with van der Waals surface area (Å²) in [5, 5.41) is 8.05. The highest BCUT2D eigenvalue weighted by atomic mass is 28.2. The van der Waals surface area contributed by atoms with E-state index in [0.29, 0.717) is 6.54 Å². The van der Waals surface area contributed by atoms with Crippen LogP contribution in [0.1, 0.15) is 0 Å². The Labute approximate surface area is 44.3 Å². The predicted molar refractivity (Wildman–Crippen MR) is 30.4 cm³/mol. The lowest BCUT2D eigenvalue weighted by Gasteiger charge is -1.84. The smallest absolute Gasteiger partial charge is 0.261 e. The van der Waals surface area contributed by atoms with E-state index in [1.54, 1.807) is 0 Å². The van der Waals surface area contributed by atoms with Crippen molar-refractivity contribution in [3.63, 3.8) is 0 Å². The minimum absolute atomic E-state index is 0.526.